The third kappa shape index (κ3) is 6.20. The molecule has 1 fully saturated rings. The molecule has 1 heterocycles. The molecule has 0 aliphatic carbocycles. The van der Waals surface area contributed by atoms with Gasteiger partial charge in [0.2, 0.25) is 6.54 Å². The molecule has 0 amide bonds. The number of ether oxygens (including phenoxy) is 3. The molecule has 8 heteroatoms. The van der Waals surface area contributed by atoms with Crippen molar-refractivity contribution in [3.05, 3.63) is 11.4 Å². The Labute approximate surface area is 147 Å². The fraction of sp³-hybridized carbons (Fsp3) is 0.938. The highest BCUT2D eigenvalue weighted by Gasteiger charge is 2.42. The molecule has 1 aliphatic heterocycles. The van der Waals surface area contributed by atoms with Gasteiger partial charge in [0.05, 0.1) is 13.2 Å². The van der Waals surface area contributed by atoms with Crippen molar-refractivity contribution in [1.82, 2.24) is 4.67 Å². The predicted molar refractivity (Wildman–Crippen MR) is 93.7 cm³/mol. The van der Waals surface area contributed by atoms with Gasteiger partial charge in [0.15, 0.2) is 0 Å². The van der Waals surface area contributed by atoms with Crippen LogP contribution in [0, 0.1) is 6.57 Å². The van der Waals surface area contributed by atoms with Gasteiger partial charge in [0.25, 0.3) is 8.53 Å². The number of methoxy groups -OCH3 is 2. The second kappa shape index (κ2) is 11.3. The molecule has 1 saturated heterocycles. The van der Waals surface area contributed by atoms with Crippen LogP contribution in [0.3, 0.4) is 0 Å². The Hall–Kier alpha value is -0.320. The van der Waals surface area contributed by atoms with Crippen LogP contribution in [0.2, 0.25) is 0 Å². The summed E-state index contributed by atoms with van der Waals surface area (Å²) >= 11 is 0. The van der Waals surface area contributed by atoms with Gasteiger partial charge in [-0.25, -0.2) is 11.2 Å². The molecule has 7 nitrogen and oxygen atoms in total. The van der Waals surface area contributed by atoms with Crippen molar-refractivity contribution >= 4 is 8.53 Å². The maximum absolute atomic E-state index is 6.94. The first-order valence-electron chi connectivity index (χ1n) is 8.30. The van der Waals surface area contributed by atoms with E-state index >= 15 is 0 Å². The molecule has 0 aromatic carbocycles. The van der Waals surface area contributed by atoms with Crippen LogP contribution in [-0.4, -0.2) is 75.7 Å². The summed E-state index contributed by atoms with van der Waals surface area (Å²) in [6, 6.07) is 0.515. The zero-order valence-corrected chi connectivity index (χ0v) is 16.5. The molecule has 4 atom stereocenters. The quantitative estimate of drug-likeness (QED) is 0.320. The number of rotatable bonds is 11. The van der Waals surface area contributed by atoms with Gasteiger partial charge < -0.3 is 28.1 Å². The van der Waals surface area contributed by atoms with Gasteiger partial charge in [-0.3, -0.25) is 0 Å². The molecule has 24 heavy (non-hydrogen) atoms. The third-order valence-corrected chi connectivity index (χ3v) is 5.83. The van der Waals surface area contributed by atoms with E-state index in [-0.39, 0.29) is 30.4 Å². The molecular formula is C16H31N2O5P. The lowest BCUT2D eigenvalue weighted by molar-refractivity contribution is -0.0182. The van der Waals surface area contributed by atoms with E-state index in [1.165, 1.54) is 0 Å². The number of hydrogen-bond donors (Lipinski definition) is 0. The first kappa shape index (κ1) is 21.7. The summed E-state index contributed by atoms with van der Waals surface area (Å²) in [6.45, 7) is 17.0. The van der Waals surface area contributed by atoms with Gasteiger partial charge in [-0.2, -0.15) is 0 Å². The van der Waals surface area contributed by atoms with Crippen molar-refractivity contribution in [2.24, 2.45) is 0 Å². The first-order valence-corrected chi connectivity index (χ1v) is 9.43. The minimum absolute atomic E-state index is 0.152. The van der Waals surface area contributed by atoms with Crippen molar-refractivity contribution < 1.29 is 23.3 Å². The van der Waals surface area contributed by atoms with Crippen LogP contribution in [0.4, 0.5) is 0 Å². The van der Waals surface area contributed by atoms with E-state index in [0.717, 1.165) is 0 Å². The Balaban J connectivity index is 2.89. The van der Waals surface area contributed by atoms with Crippen molar-refractivity contribution in [3.63, 3.8) is 0 Å². The van der Waals surface area contributed by atoms with Crippen LogP contribution in [0.1, 0.15) is 27.7 Å². The minimum Gasteiger partial charge on any atom is -0.382 e. The largest absolute Gasteiger partial charge is 0.382 e. The minimum atomic E-state index is -1.32. The molecule has 140 valence electrons. The van der Waals surface area contributed by atoms with Crippen LogP contribution in [-0.2, 0) is 23.3 Å². The topological polar surface area (TPSA) is 53.8 Å². The molecule has 0 spiro atoms. The number of hydrogen-bond acceptors (Lipinski definition) is 6. The highest BCUT2D eigenvalue weighted by Crippen LogP contribution is 2.48. The van der Waals surface area contributed by atoms with E-state index in [1.807, 2.05) is 0 Å². The van der Waals surface area contributed by atoms with E-state index in [2.05, 4.69) is 37.2 Å². The molecule has 1 rings (SSSR count). The Bertz CT molecular complexity index is 383. The average molecular weight is 362 g/mol. The maximum atomic E-state index is 6.94. The molecule has 1 aliphatic rings. The Morgan fingerprint density at radius 2 is 1.92 bits per heavy atom. The number of nitrogens with zero attached hydrogens (tertiary/aromatic N) is 2. The van der Waals surface area contributed by atoms with Crippen LogP contribution in [0.5, 0.6) is 0 Å². The van der Waals surface area contributed by atoms with Crippen LogP contribution < -0.4 is 0 Å². The Morgan fingerprint density at radius 1 is 1.25 bits per heavy atom. The van der Waals surface area contributed by atoms with E-state index in [4.69, 9.17) is 29.8 Å². The summed E-state index contributed by atoms with van der Waals surface area (Å²) in [7, 11) is 1.98. The van der Waals surface area contributed by atoms with Gasteiger partial charge in [0, 0.05) is 26.3 Å². The predicted octanol–water partition coefficient (Wildman–Crippen LogP) is 2.71. The summed E-state index contributed by atoms with van der Waals surface area (Å²) in [5.41, 5.74) is 0. The van der Waals surface area contributed by atoms with E-state index in [9.17, 15) is 0 Å². The van der Waals surface area contributed by atoms with Gasteiger partial charge in [-0.05, 0) is 27.7 Å². The van der Waals surface area contributed by atoms with E-state index in [1.54, 1.807) is 14.2 Å². The Morgan fingerprint density at radius 3 is 2.42 bits per heavy atom. The van der Waals surface area contributed by atoms with Crippen molar-refractivity contribution in [3.8, 4) is 0 Å². The highest BCUT2D eigenvalue weighted by molar-refractivity contribution is 7.44. The first-order chi connectivity index (χ1) is 11.5. The summed E-state index contributed by atoms with van der Waals surface area (Å²) in [5, 5.41) is 0. The second-order valence-corrected chi connectivity index (χ2v) is 7.60. The lowest BCUT2D eigenvalue weighted by atomic mass is 10.1. The summed E-state index contributed by atoms with van der Waals surface area (Å²) in [5.74, 6) is 0. The maximum Gasteiger partial charge on any atom is 0.259 e. The molecular weight excluding hydrogens is 331 g/mol. The lowest BCUT2D eigenvalue weighted by Gasteiger charge is -2.37. The van der Waals surface area contributed by atoms with Gasteiger partial charge >= 0.3 is 0 Å². The fourth-order valence-corrected chi connectivity index (χ4v) is 4.46. The second-order valence-electron chi connectivity index (χ2n) is 6.19. The monoisotopic (exact) mass is 362 g/mol. The standard InChI is InChI=1S/C16H31N2O5P/c1-12(2)18(13(3)4)24(22-9-8-17-5)23-16-14(20-7)11-21-15(16)10-19-6/h12-16H,8-11H2,1-4,6-7H3/t14-,15-,16?,24?/m1/s1. The van der Waals surface area contributed by atoms with Gasteiger partial charge in [0.1, 0.15) is 24.9 Å². The van der Waals surface area contributed by atoms with E-state index in [0.29, 0.717) is 26.4 Å². The van der Waals surface area contributed by atoms with Crippen LogP contribution in [0.15, 0.2) is 0 Å². The normalized spacial score (nSPS) is 25.6. The highest BCUT2D eigenvalue weighted by atomic mass is 31.2. The third-order valence-electron chi connectivity index (χ3n) is 3.70. The average Bonchev–Trinajstić information content (AvgIpc) is 2.89. The van der Waals surface area contributed by atoms with Gasteiger partial charge in [-0.15, -0.1) is 0 Å². The molecule has 0 N–H and O–H groups in total. The van der Waals surface area contributed by atoms with Crippen LogP contribution in [0.25, 0.3) is 4.85 Å². The molecule has 2 unspecified atom stereocenters. The lowest BCUT2D eigenvalue weighted by Crippen LogP contribution is -2.40. The van der Waals surface area contributed by atoms with E-state index < -0.39 is 8.53 Å². The van der Waals surface area contributed by atoms with Crippen molar-refractivity contribution in [2.45, 2.75) is 58.1 Å². The summed E-state index contributed by atoms with van der Waals surface area (Å²) < 4.78 is 31.0. The van der Waals surface area contributed by atoms with Gasteiger partial charge in [-0.1, -0.05) is 0 Å². The zero-order valence-electron chi connectivity index (χ0n) is 15.6. The van der Waals surface area contributed by atoms with Crippen molar-refractivity contribution in [1.29, 1.82) is 0 Å². The SMILES string of the molecule is [C-]#[N+]CCOP(OC1[C@H](OC)CO[C@@H]1COC)N(C(C)C)C(C)C. The summed E-state index contributed by atoms with van der Waals surface area (Å²) in [4.78, 5) is 3.36. The van der Waals surface area contributed by atoms with Crippen LogP contribution >= 0.6 is 8.53 Å². The van der Waals surface area contributed by atoms with Crippen molar-refractivity contribution in [2.75, 3.05) is 40.6 Å². The molecule has 0 saturated carbocycles. The summed E-state index contributed by atoms with van der Waals surface area (Å²) in [6.07, 6.45) is -0.592. The molecule has 0 aromatic heterocycles. The fourth-order valence-electron chi connectivity index (χ4n) is 2.69. The zero-order chi connectivity index (χ0) is 18.1. The molecule has 0 aromatic rings. The smallest absolute Gasteiger partial charge is 0.259 e. The molecule has 0 bridgehead atoms. The Kier molecular flexibility index (Phi) is 10.3. The molecule has 0 radical (unpaired) electrons.